The number of nitrogens with zero attached hydrogens (tertiary/aromatic N) is 3. The van der Waals surface area contributed by atoms with E-state index in [4.69, 9.17) is 16.3 Å². The van der Waals surface area contributed by atoms with Crippen LogP contribution in [0.15, 0.2) is 30.7 Å². The topological polar surface area (TPSA) is 100 Å². The monoisotopic (exact) mass is 419 g/mol. The predicted molar refractivity (Wildman–Crippen MR) is 108 cm³/mol. The van der Waals surface area contributed by atoms with Gasteiger partial charge in [-0.3, -0.25) is 14.9 Å². The summed E-state index contributed by atoms with van der Waals surface area (Å²) in [6.07, 6.45) is 5.18. The molecule has 0 bridgehead atoms. The molecule has 3 rings (SSSR count). The molecule has 1 fully saturated rings. The van der Waals surface area contributed by atoms with Crippen molar-refractivity contribution in [2.75, 3.05) is 13.1 Å². The number of aromatic amines is 1. The van der Waals surface area contributed by atoms with E-state index in [2.05, 4.69) is 20.5 Å². The second kappa shape index (κ2) is 8.02. The number of ether oxygens (including phenoxy) is 1. The standard InChI is InChI=1S/C20H26ClN5O3/c1-19(2,3)29-18(28)26-9-7-13(12-26)17(27)24-20(4,14-6-5-8-22-10-14)15-11-23-25-16(15)21/h5-6,8,10-11,13H,7,9,12H2,1-4H3,(H,23,25)(H,24,27). The minimum Gasteiger partial charge on any atom is -0.444 e. The van der Waals surface area contributed by atoms with Crippen molar-refractivity contribution in [3.63, 3.8) is 0 Å². The summed E-state index contributed by atoms with van der Waals surface area (Å²) in [6, 6.07) is 3.67. The number of aromatic nitrogens is 3. The predicted octanol–water partition coefficient (Wildman–Crippen LogP) is 3.09. The van der Waals surface area contributed by atoms with E-state index in [0.717, 1.165) is 5.56 Å². The van der Waals surface area contributed by atoms with Crippen molar-refractivity contribution < 1.29 is 14.3 Å². The first-order valence-corrected chi connectivity index (χ1v) is 9.88. The molecule has 1 saturated heterocycles. The first-order chi connectivity index (χ1) is 13.6. The molecule has 1 aliphatic rings. The quantitative estimate of drug-likeness (QED) is 0.793. The molecule has 2 aromatic heterocycles. The first-order valence-electron chi connectivity index (χ1n) is 9.50. The Labute approximate surface area is 175 Å². The van der Waals surface area contributed by atoms with Crippen molar-refractivity contribution in [3.05, 3.63) is 47.0 Å². The van der Waals surface area contributed by atoms with E-state index in [1.54, 1.807) is 29.6 Å². The first kappa shape index (κ1) is 21.1. The van der Waals surface area contributed by atoms with Crippen LogP contribution >= 0.6 is 11.6 Å². The van der Waals surface area contributed by atoms with Gasteiger partial charge in [0.15, 0.2) is 5.15 Å². The maximum absolute atomic E-state index is 13.1. The van der Waals surface area contributed by atoms with Gasteiger partial charge in [0.25, 0.3) is 0 Å². The lowest BCUT2D eigenvalue weighted by atomic mass is 9.86. The summed E-state index contributed by atoms with van der Waals surface area (Å²) in [5, 5.41) is 10.1. The maximum Gasteiger partial charge on any atom is 0.410 e. The number of H-pyrrole nitrogens is 1. The molecule has 2 unspecified atom stereocenters. The molecular formula is C20H26ClN5O3. The van der Waals surface area contributed by atoms with Crippen LogP contribution in [0.4, 0.5) is 4.79 Å². The molecule has 0 radical (unpaired) electrons. The van der Waals surface area contributed by atoms with Gasteiger partial charge in [0.2, 0.25) is 5.91 Å². The molecule has 2 N–H and O–H groups in total. The molecule has 156 valence electrons. The van der Waals surface area contributed by atoms with Crippen LogP contribution in [0.25, 0.3) is 0 Å². The van der Waals surface area contributed by atoms with Gasteiger partial charge in [-0.2, -0.15) is 5.10 Å². The maximum atomic E-state index is 13.1. The number of pyridine rings is 1. The van der Waals surface area contributed by atoms with E-state index in [0.29, 0.717) is 25.1 Å². The number of amides is 2. The third-order valence-corrected chi connectivity index (χ3v) is 5.24. The van der Waals surface area contributed by atoms with Gasteiger partial charge < -0.3 is 15.0 Å². The Morgan fingerprint density at radius 1 is 1.34 bits per heavy atom. The second-order valence-electron chi connectivity index (χ2n) is 8.36. The largest absolute Gasteiger partial charge is 0.444 e. The molecule has 1 aliphatic heterocycles. The molecule has 0 spiro atoms. The highest BCUT2D eigenvalue weighted by molar-refractivity contribution is 6.30. The fourth-order valence-corrected chi connectivity index (χ4v) is 3.68. The molecular weight excluding hydrogens is 394 g/mol. The molecule has 0 aromatic carbocycles. The molecule has 0 saturated carbocycles. The highest BCUT2D eigenvalue weighted by atomic mass is 35.5. The third kappa shape index (κ3) is 4.70. The Morgan fingerprint density at radius 2 is 2.10 bits per heavy atom. The average Bonchev–Trinajstić information content (AvgIpc) is 3.30. The van der Waals surface area contributed by atoms with Crippen LogP contribution in [0.5, 0.6) is 0 Å². The minimum atomic E-state index is -0.922. The smallest absolute Gasteiger partial charge is 0.410 e. The van der Waals surface area contributed by atoms with Crippen molar-refractivity contribution in [1.82, 2.24) is 25.4 Å². The zero-order valence-corrected chi connectivity index (χ0v) is 17.8. The minimum absolute atomic E-state index is 0.167. The summed E-state index contributed by atoms with van der Waals surface area (Å²) in [5.74, 6) is -0.510. The van der Waals surface area contributed by atoms with E-state index in [-0.39, 0.29) is 17.0 Å². The van der Waals surface area contributed by atoms with Gasteiger partial charge in [0.1, 0.15) is 5.60 Å². The zero-order chi connectivity index (χ0) is 21.2. The third-order valence-electron chi connectivity index (χ3n) is 4.96. The molecule has 29 heavy (non-hydrogen) atoms. The molecule has 2 amide bonds. The van der Waals surface area contributed by atoms with Crippen LogP contribution in [-0.4, -0.2) is 50.8 Å². The Bertz CT molecular complexity index is 880. The van der Waals surface area contributed by atoms with Gasteiger partial charge in [-0.05, 0) is 40.2 Å². The average molecular weight is 420 g/mol. The normalized spacial score (nSPS) is 18.9. The fraction of sp³-hybridized carbons (Fsp3) is 0.500. The highest BCUT2D eigenvalue weighted by Crippen LogP contribution is 2.33. The number of likely N-dealkylation sites (tertiary alicyclic amines) is 1. The van der Waals surface area contributed by atoms with Crippen molar-refractivity contribution >= 4 is 23.6 Å². The number of hydrogen-bond donors (Lipinski definition) is 2. The van der Waals surface area contributed by atoms with E-state index in [1.807, 2.05) is 33.8 Å². The lowest BCUT2D eigenvalue weighted by molar-refractivity contribution is -0.126. The SMILES string of the molecule is CC(C)(C)OC(=O)N1CCC(C(=O)NC(C)(c2cccnc2)c2c[nH]nc2Cl)C1. The zero-order valence-electron chi connectivity index (χ0n) is 17.0. The number of carbonyl (C=O) groups is 2. The van der Waals surface area contributed by atoms with Gasteiger partial charge in [-0.15, -0.1) is 0 Å². The molecule has 0 aliphatic carbocycles. The van der Waals surface area contributed by atoms with E-state index in [9.17, 15) is 9.59 Å². The summed E-state index contributed by atoms with van der Waals surface area (Å²) >= 11 is 6.26. The van der Waals surface area contributed by atoms with Gasteiger partial charge in [-0.25, -0.2) is 4.79 Å². The van der Waals surface area contributed by atoms with Crippen molar-refractivity contribution in [3.8, 4) is 0 Å². The summed E-state index contributed by atoms with van der Waals surface area (Å²) in [5.41, 5.74) is -0.0792. The summed E-state index contributed by atoms with van der Waals surface area (Å²) in [7, 11) is 0. The number of rotatable bonds is 4. The fourth-order valence-electron chi connectivity index (χ4n) is 3.39. The Morgan fingerprint density at radius 3 is 2.69 bits per heavy atom. The Kier molecular flexibility index (Phi) is 5.84. The lowest BCUT2D eigenvalue weighted by Crippen LogP contribution is -2.47. The van der Waals surface area contributed by atoms with Crippen molar-refractivity contribution in [2.24, 2.45) is 5.92 Å². The number of nitrogens with one attached hydrogen (secondary N) is 2. The molecule has 3 heterocycles. The summed E-state index contributed by atoms with van der Waals surface area (Å²) in [4.78, 5) is 31.2. The van der Waals surface area contributed by atoms with Crippen LogP contribution in [0, 0.1) is 5.92 Å². The van der Waals surface area contributed by atoms with Crippen molar-refractivity contribution in [1.29, 1.82) is 0 Å². The van der Waals surface area contributed by atoms with Crippen molar-refractivity contribution in [2.45, 2.75) is 45.3 Å². The Balaban J connectivity index is 1.77. The van der Waals surface area contributed by atoms with Crippen LogP contribution in [-0.2, 0) is 15.1 Å². The summed E-state index contributed by atoms with van der Waals surface area (Å²) < 4.78 is 5.41. The van der Waals surface area contributed by atoms with Crippen LogP contribution in [0.2, 0.25) is 5.15 Å². The lowest BCUT2D eigenvalue weighted by Gasteiger charge is -2.32. The van der Waals surface area contributed by atoms with Gasteiger partial charge in [0.05, 0.1) is 11.5 Å². The van der Waals surface area contributed by atoms with Crippen LogP contribution < -0.4 is 5.32 Å². The number of halogens is 1. The molecule has 2 aromatic rings. The van der Waals surface area contributed by atoms with E-state index >= 15 is 0 Å². The molecule has 9 heteroatoms. The highest BCUT2D eigenvalue weighted by Gasteiger charge is 2.39. The van der Waals surface area contributed by atoms with Gasteiger partial charge >= 0.3 is 6.09 Å². The van der Waals surface area contributed by atoms with Crippen LogP contribution in [0.1, 0.15) is 45.2 Å². The van der Waals surface area contributed by atoms with E-state index < -0.39 is 17.2 Å². The molecule has 8 nitrogen and oxygen atoms in total. The number of carbonyl (C=O) groups excluding carboxylic acids is 2. The Hall–Kier alpha value is -2.61. The van der Waals surface area contributed by atoms with Crippen LogP contribution in [0.3, 0.4) is 0 Å². The van der Waals surface area contributed by atoms with Gasteiger partial charge in [0, 0.05) is 42.8 Å². The number of hydrogen-bond acceptors (Lipinski definition) is 5. The van der Waals surface area contributed by atoms with E-state index in [1.165, 1.54) is 0 Å². The molecule has 2 atom stereocenters. The summed E-state index contributed by atoms with van der Waals surface area (Å²) in [6.45, 7) is 8.10. The van der Waals surface area contributed by atoms with Gasteiger partial charge in [-0.1, -0.05) is 17.7 Å². The second-order valence-corrected chi connectivity index (χ2v) is 8.72.